The Morgan fingerprint density at radius 3 is 2.42 bits per heavy atom. The molecule has 1 aliphatic carbocycles. The molecule has 0 amide bonds. The number of rotatable bonds is 5. The zero-order valence-corrected chi connectivity index (χ0v) is 25.6. The van der Waals surface area contributed by atoms with Gasteiger partial charge in [0.05, 0.1) is 22.9 Å². The normalized spacial score (nSPS) is 20.5. The summed E-state index contributed by atoms with van der Waals surface area (Å²) in [6, 6.07) is 7.40. The number of amidine groups is 1. The van der Waals surface area contributed by atoms with Gasteiger partial charge in [0.2, 0.25) is 10.0 Å². The molecule has 2 aliphatic rings. The van der Waals surface area contributed by atoms with E-state index < -0.39 is 54.2 Å². The first kappa shape index (κ1) is 30.3. The third-order valence-corrected chi connectivity index (χ3v) is 8.34. The summed E-state index contributed by atoms with van der Waals surface area (Å²) < 4.78 is 69.4. The van der Waals surface area contributed by atoms with Crippen molar-refractivity contribution >= 4 is 48.8 Å². The minimum atomic E-state index is -4.43. The summed E-state index contributed by atoms with van der Waals surface area (Å²) >= 11 is 0. The summed E-state index contributed by atoms with van der Waals surface area (Å²) in [5.74, 6) is -2.56. The van der Waals surface area contributed by atoms with Gasteiger partial charge < -0.3 is 10.4 Å². The van der Waals surface area contributed by atoms with Gasteiger partial charge in [-0.1, -0.05) is 32.6 Å². The van der Waals surface area contributed by atoms with E-state index >= 15 is 0 Å². The molecule has 198 valence electrons. The molecule has 9 nitrogen and oxygen atoms in total. The molecular formula is C25H27FN3NaO6S2. The van der Waals surface area contributed by atoms with Crippen molar-refractivity contribution in [2.75, 3.05) is 16.3 Å². The van der Waals surface area contributed by atoms with Gasteiger partial charge in [-0.25, -0.2) is 12.8 Å². The van der Waals surface area contributed by atoms with Crippen LogP contribution >= 0.6 is 0 Å². The van der Waals surface area contributed by atoms with Gasteiger partial charge in [-0.05, 0) is 66.6 Å². The van der Waals surface area contributed by atoms with Crippen molar-refractivity contribution in [3.05, 3.63) is 58.9 Å². The monoisotopic (exact) mass is 571 g/mol. The molecule has 0 bridgehead atoms. The number of benzene rings is 2. The molecule has 0 radical (unpaired) electrons. The first-order chi connectivity index (χ1) is 16.9. The van der Waals surface area contributed by atoms with Gasteiger partial charge in [0.15, 0.2) is 11.6 Å². The second kappa shape index (κ2) is 10.1. The first-order valence-electron chi connectivity index (χ1n) is 11.4. The van der Waals surface area contributed by atoms with Crippen LogP contribution in [0, 0.1) is 11.2 Å². The number of hydrogen-bond acceptors (Lipinski definition) is 7. The number of anilines is 2. The number of halogens is 1. The molecule has 2 N–H and O–H groups in total. The second-order valence-corrected chi connectivity index (χ2v) is 14.1. The molecule has 1 heterocycles. The summed E-state index contributed by atoms with van der Waals surface area (Å²) in [5.41, 5.74) is -1.47. The standard InChI is InChI=1S/C25H28FN3O6S2.Na/c1-24(2,3)10-11-25(4)17-8-6-14(26)12-16(17)21(30)20(22(25)31)23-27-18-9-7-15(28-36(5,32)33)13-19(18)37(34,35)29-23;/h6-9,12-13,28,30H,10-11H2,1-5H3,(H,27,29);/q;+1/p-1/t25-;/m0./s1. The van der Waals surface area contributed by atoms with E-state index in [4.69, 9.17) is 0 Å². The number of ketones is 1. The third kappa shape index (κ3) is 5.84. The minimum Gasteiger partial charge on any atom is -0.871 e. The van der Waals surface area contributed by atoms with Crippen molar-refractivity contribution in [1.82, 2.24) is 0 Å². The van der Waals surface area contributed by atoms with E-state index in [1.165, 1.54) is 24.3 Å². The fraction of sp³-hybridized carbons (Fsp3) is 0.360. The van der Waals surface area contributed by atoms with Crippen LogP contribution in [0.3, 0.4) is 0 Å². The summed E-state index contributed by atoms with van der Waals surface area (Å²) in [7, 11) is -8.10. The average Bonchev–Trinajstić information content (AvgIpc) is 2.75. The van der Waals surface area contributed by atoms with Crippen LogP contribution in [-0.4, -0.2) is 34.7 Å². The molecule has 0 fully saturated rings. The maximum Gasteiger partial charge on any atom is 1.00 e. The number of Topliss-reactive ketones (excluding diaryl/α,β-unsaturated/α-hetero) is 1. The molecule has 0 aromatic heterocycles. The maximum absolute atomic E-state index is 14.2. The number of fused-ring (bicyclic) bond motifs is 2. The summed E-state index contributed by atoms with van der Waals surface area (Å²) in [6.07, 6.45) is 1.86. The first-order valence-corrected chi connectivity index (χ1v) is 14.8. The van der Waals surface area contributed by atoms with Crippen molar-refractivity contribution in [3.63, 3.8) is 0 Å². The average molecular weight is 572 g/mol. The van der Waals surface area contributed by atoms with Crippen LogP contribution in [0.15, 0.2) is 51.3 Å². The maximum atomic E-state index is 14.2. The van der Waals surface area contributed by atoms with Crippen LogP contribution in [0.2, 0.25) is 0 Å². The van der Waals surface area contributed by atoms with Crippen molar-refractivity contribution in [2.45, 2.75) is 50.8 Å². The molecule has 0 saturated heterocycles. The molecule has 4 rings (SSSR count). The summed E-state index contributed by atoms with van der Waals surface area (Å²) in [5, 5.41) is 16.2. The molecule has 0 unspecified atom stereocenters. The van der Waals surface area contributed by atoms with E-state index in [1.54, 1.807) is 6.92 Å². The second-order valence-electron chi connectivity index (χ2n) is 10.7. The molecule has 38 heavy (non-hydrogen) atoms. The van der Waals surface area contributed by atoms with E-state index in [2.05, 4.69) is 14.4 Å². The molecule has 1 atom stereocenters. The number of nitrogens with one attached hydrogen (secondary N) is 2. The number of hydrogen-bond donors (Lipinski definition) is 2. The van der Waals surface area contributed by atoms with Crippen molar-refractivity contribution in [1.29, 1.82) is 0 Å². The van der Waals surface area contributed by atoms with Crippen LogP contribution in [0.25, 0.3) is 5.76 Å². The van der Waals surface area contributed by atoms with E-state index in [9.17, 15) is 31.1 Å². The number of carbonyl (C=O) groups is 1. The molecule has 13 heteroatoms. The van der Waals surface area contributed by atoms with Crippen molar-refractivity contribution < 1.29 is 60.7 Å². The van der Waals surface area contributed by atoms with Gasteiger partial charge in [-0.3, -0.25) is 9.52 Å². The van der Waals surface area contributed by atoms with Gasteiger partial charge in [-0.2, -0.15) is 8.42 Å². The topological polar surface area (TPSA) is 145 Å². The Labute approximate surface area is 244 Å². The van der Waals surface area contributed by atoms with E-state index in [0.717, 1.165) is 18.4 Å². The zero-order valence-electron chi connectivity index (χ0n) is 22.0. The quantitative estimate of drug-likeness (QED) is 0.486. The third-order valence-electron chi connectivity index (χ3n) is 6.42. The van der Waals surface area contributed by atoms with Gasteiger partial charge in [0, 0.05) is 5.69 Å². The smallest absolute Gasteiger partial charge is 0.871 e. The fourth-order valence-corrected chi connectivity index (χ4v) is 6.16. The number of nitrogens with zero attached hydrogens (tertiary/aromatic N) is 1. The SMILES string of the molecule is CC(C)(C)CC[C@]1(C)C(=O)C(C2=NS(=O)(=O)c3cc(NS(C)(=O)=O)ccc3N2)=C([O-])c2cc(F)ccc21.[Na+]. The predicted octanol–water partition coefficient (Wildman–Crippen LogP) is 0.152. The van der Waals surface area contributed by atoms with Crippen molar-refractivity contribution in [3.8, 4) is 0 Å². The van der Waals surface area contributed by atoms with Crippen LogP contribution in [0.4, 0.5) is 15.8 Å². The van der Waals surface area contributed by atoms with Crippen LogP contribution in [0.1, 0.15) is 51.7 Å². The minimum absolute atomic E-state index is 0. The number of carbonyl (C=O) groups excluding carboxylic acids is 1. The fourth-order valence-electron chi connectivity index (χ4n) is 4.45. The molecule has 2 aromatic carbocycles. The van der Waals surface area contributed by atoms with E-state index in [-0.39, 0.29) is 56.8 Å². The Kier molecular flexibility index (Phi) is 8.01. The van der Waals surface area contributed by atoms with Crippen molar-refractivity contribution in [2.24, 2.45) is 9.81 Å². The summed E-state index contributed by atoms with van der Waals surface area (Å²) in [4.78, 5) is 13.6. The predicted molar refractivity (Wildman–Crippen MR) is 138 cm³/mol. The number of sulfonamides is 2. The van der Waals surface area contributed by atoms with Gasteiger partial charge >= 0.3 is 29.6 Å². The Balaban J connectivity index is 0.00000400. The largest absolute Gasteiger partial charge is 1.00 e. The van der Waals surface area contributed by atoms with Gasteiger partial charge in [-0.15, -0.1) is 4.40 Å². The summed E-state index contributed by atoms with van der Waals surface area (Å²) in [6.45, 7) is 7.69. The Hall–Kier alpha value is -2.25. The molecule has 0 saturated carbocycles. The van der Waals surface area contributed by atoms with Crippen LogP contribution in [-0.2, 0) is 30.3 Å². The Bertz CT molecular complexity index is 1610. The molecule has 2 aromatic rings. The molecule has 1 aliphatic heterocycles. The van der Waals surface area contributed by atoms with Crippen LogP contribution < -0.4 is 44.7 Å². The van der Waals surface area contributed by atoms with Gasteiger partial charge in [0.25, 0.3) is 10.0 Å². The zero-order chi connectivity index (χ0) is 27.6. The molecule has 0 spiro atoms. The van der Waals surface area contributed by atoms with E-state index in [1.807, 2.05) is 20.8 Å². The Morgan fingerprint density at radius 2 is 1.82 bits per heavy atom. The van der Waals surface area contributed by atoms with Gasteiger partial charge in [0.1, 0.15) is 10.7 Å². The Morgan fingerprint density at radius 1 is 1.16 bits per heavy atom. The molecular weight excluding hydrogens is 544 g/mol. The van der Waals surface area contributed by atoms with E-state index in [0.29, 0.717) is 18.4 Å². The van der Waals surface area contributed by atoms with Crippen LogP contribution in [0.5, 0.6) is 0 Å².